The highest BCUT2D eigenvalue weighted by Gasteiger charge is 2.73. The van der Waals surface area contributed by atoms with Gasteiger partial charge in [-0.15, -0.1) is 0 Å². The van der Waals surface area contributed by atoms with E-state index in [4.69, 9.17) is 23.7 Å². The first-order valence-corrected chi connectivity index (χ1v) is 18.2. The highest BCUT2D eigenvalue weighted by molar-refractivity contribution is 7.92. The van der Waals surface area contributed by atoms with Crippen molar-refractivity contribution in [3.8, 4) is 0 Å². The molecule has 6 rings (SSSR count). The molecule has 1 aliphatic heterocycles. The van der Waals surface area contributed by atoms with Gasteiger partial charge in [-0.1, -0.05) is 127 Å². The van der Waals surface area contributed by atoms with Crippen LogP contribution in [0.25, 0.3) is 0 Å². The maximum atomic E-state index is 17.0. The predicted molar refractivity (Wildman–Crippen MR) is 187 cm³/mol. The van der Waals surface area contributed by atoms with Crippen molar-refractivity contribution in [2.45, 2.75) is 66.9 Å². The van der Waals surface area contributed by atoms with Crippen molar-refractivity contribution < 1.29 is 46.0 Å². The number of hydrogen-bond acceptors (Lipinski definition) is 9. The summed E-state index contributed by atoms with van der Waals surface area (Å²) in [6.45, 7) is -0.734. The quantitative estimate of drug-likeness (QED) is 0.121. The van der Waals surface area contributed by atoms with Gasteiger partial charge < -0.3 is 28.8 Å². The Morgan fingerprint density at radius 2 is 1.08 bits per heavy atom. The number of aromatic nitrogens is 1. The topological polar surface area (TPSA) is 113 Å². The second-order valence-electron chi connectivity index (χ2n) is 12.3. The summed E-state index contributed by atoms with van der Waals surface area (Å²) in [6, 6.07) is 39.5. The van der Waals surface area contributed by atoms with E-state index < -0.39 is 50.3 Å². The smallest absolute Gasteiger partial charge is 0.374 e. The van der Waals surface area contributed by atoms with Gasteiger partial charge in [0.15, 0.2) is 5.03 Å². The standard InChI is InChI=1S/C40H39F2NO8S/c41-40(42,52(45,46)35-23-13-14-24-43-35)39(44)38(50-28-33-21-11-4-12-22-33)37(49-27-32-19-9-3-10-20-32)36(48-26-31-17-7-2-8-18-31)34(51-39)29-47-25-30-15-5-1-6-16-30/h1-24,34,36-38,44H,25-29H2/t34-,36-,37+,38-,39-/m1/s1. The molecule has 0 spiro atoms. The van der Waals surface area contributed by atoms with Crippen molar-refractivity contribution in [2.24, 2.45) is 0 Å². The molecule has 0 unspecified atom stereocenters. The van der Waals surface area contributed by atoms with E-state index in [1.165, 1.54) is 12.1 Å². The minimum atomic E-state index is -5.70. The van der Waals surface area contributed by atoms with Crippen molar-refractivity contribution in [3.05, 3.63) is 168 Å². The van der Waals surface area contributed by atoms with Gasteiger partial charge in [0.25, 0.3) is 15.6 Å². The summed E-state index contributed by atoms with van der Waals surface area (Å²) < 4.78 is 92.3. The van der Waals surface area contributed by atoms with E-state index in [1.807, 2.05) is 66.7 Å². The number of aliphatic hydroxyl groups is 1. The third-order valence-electron chi connectivity index (χ3n) is 8.61. The van der Waals surface area contributed by atoms with Crippen molar-refractivity contribution in [3.63, 3.8) is 0 Å². The van der Waals surface area contributed by atoms with Gasteiger partial charge in [-0.25, -0.2) is 13.4 Å². The van der Waals surface area contributed by atoms with E-state index in [2.05, 4.69) is 4.98 Å². The molecule has 9 nitrogen and oxygen atoms in total. The molecule has 0 amide bonds. The zero-order valence-electron chi connectivity index (χ0n) is 28.1. The minimum absolute atomic E-state index is 0.00170. The molecule has 5 aromatic rings. The Morgan fingerprint density at radius 3 is 1.56 bits per heavy atom. The van der Waals surface area contributed by atoms with E-state index in [9.17, 15) is 13.5 Å². The van der Waals surface area contributed by atoms with Crippen LogP contribution in [0.15, 0.2) is 151 Å². The van der Waals surface area contributed by atoms with Crippen molar-refractivity contribution in [1.82, 2.24) is 4.98 Å². The molecular weight excluding hydrogens is 693 g/mol. The van der Waals surface area contributed by atoms with E-state index >= 15 is 8.78 Å². The normalized spacial score (nSPS) is 22.2. The van der Waals surface area contributed by atoms with E-state index in [-0.39, 0.29) is 33.0 Å². The fourth-order valence-corrected chi connectivity index (χ4v) is 7.19. The van der Waals surface area contributed by atoms with Crippen LogP contribution in [0.1, 0.15) is 22.3 Å². The van der Waals surface area contributed by atoms with Crippen molar-refractivity contribution >= 4 is 9.84 Å². The van der Waals surface area contributed by atoms with Crippen molar-refractivity contribution in [2.75, 3.05) is 6.61 Å². The highest BCUT2D eigenvalue weighted by atomic mass is 32.2. The Labute approximate surface area is 301 Å². The molecule has 272 valence electrons. The van der Waals surface area contributed by atoms with Gasteiger partial charge in [0.1, 0.15) is 24.4 Å². The summed E-state index contributed by atoms with van der Waals surface area (Å²) in [5.41, 5.74) is 2.81. The summed E-state index contributed by atoms with van der Waals surface area (Å²) in [7, 11) is -5.70. The highest BCUT2D eigenvalue weighted by Crippen LogP contribution is 2.48. The fraction of sp³-hybridized carbons (Fsp3) is 0.275. The Balaban J connectivity index is 1.44. The van der Waals surface area contributed by atoms with Crippen LogP contribution < -0.4 is 0 Å². The minimum Gasteiger partial charge on any atom is -0.374 e. The monoisotopic (exact) mass is 731 g/mol. The number of sulfone groups is 1. The average molecular weight is 732 g/mol. The number of benzene rings is 4. The van der Waals surface area contributed by atoms with Crippen LogP contribution in [0.2, 0.25) is 0 Å². The van der Waals surface area contributed by atoms with E-state index in [0.29, 0.717) is 11.1 Å². The SMILES string of the molecule is O=S(=O)(c1ccccn1)C(F)(F)[C@]1(O)O[C@H](COCc2ccccc2)[C@@H](OCc2ccccc2)[C@H](OCc2ccccc2)[C@H]1OCc1ccccc1. The third kappa shape index (κ3) is 8.45. The Bertz CT molecular complexity index is 1930. The molecule has 5 atom stereocenters. The number of pyridine rings is 1. The molecular formula is C40H39F2NO8S. The van der Waals surface area contributed by atoms with E-state index in [0.717, 1.165) is 23.4 Å². The van der Waals surface area contributed by atoms with Crippen LogP contribution in [0.4, 0.5) is 8.78 Å². The predicted octanol–water partition coefficient (Wildman–Crippen LogP) is 6.51. The zero-order valence-corrected chi connectivity index (χ0v) is 28.9. The molecule has 0 aliphatic carbocycles. The lowest BCUT2D eigenvalue weighted by Gasteiger charge is -2.51. The maximum absolute atomic E-state index is 17.0. The lowest BCUT2D eigenvalue weighted by molar-refractivity contribution is -0.408. The number of rotatable bonds is 16. The van der Waals surface area contributed by atoms with Gasteiger partial charge in [0.05, 0.1) is 33.0 Å². The molecule has 52 heavy (non-hydrogen) atoms. The number of alkyl halides is 2. The zero-order chi connectivity index (χ0) is 36.4. The van der Waals surface area contributed by atoms with Crippen LogP contribution in [-0.2, 0) is 59.9 Å². The molecule has 1 fully saturated rings. The average Bonchev–Trinajstić information content (AvgIpc) is 3.18. The molecule has 1 N–H and O–H groups in total. The molecule has 4 aromatic carbocycles. The molecule has 12 heteroatoms. The number of hydrogen-bond donors (Lipinski definition) is 1. The molecule has 0 saturated carbocycles. The molecule has 1 aliphatic rings. The van der Waals surface area contributed by atoms with Gasteiger partial charge in [-0.3, -0.25) is 0 Å². The Hall–Kier alpha value is -4.40. The first-order chi connectivity index (χ1) is 25.2. The largest absolute Gasteiger partial charge is 0.406 e. The van der Waals surface area contributed by atoms with Gasteiger partial charge in [-0.2, -0.15) is 8.78 Å². The summed E-state index contributed by atoms with van der Waals surface area (Å²) in [6.07, 6.45) is -5.23. The first-order valence-electron chi connectivity index (χ1n) is 16.7. The lowest BCUT2D eigenvalue weighted by atomic mass is 9.91. The molecule has 0 radical (unpaired) electrons. The van der Waals surface area contributed by atoms with Gasteiger partial charge in [-0.05, 0) is 34.4 Å². The molecule has 1 saturated heterocycles. The van der Waals surface area contributed by atoms with Gasteiger partial charge >= 0.3 is 5.25 Å². The first kappa shape index (κ1) is 37.4. The van der Waals surface area contributed by atoms with Gasteiger partial charge in [0.2, 0.25) is 0 Å². The molecule has 1 aromatic heterocycles. The maximum Gasteiger partial charge on any atom is 0.406 e. The van der Waals surface area contributed by atoms with Gasteiger partial charge in [0, 0.05) is 6.20 Å². The third-order valence-corrected chi connectivity index (χ3v) is 10.4. The second kappa shape index (κ2) is 17.0. The Kier molecular flexibility index (Phi) is 12.2. The van der Waals surface area contributed by atoms with Crippen molar-refractivity contribution in [1.29, 1.82) is 0 Å². The van der Waals surface area contributed by atoms with Crippen LogP contribution in [0.5, 0.6) is 0 Å². The number of nitrogens with zero attached hydrogens (tertiary/aromatic N) is 1. The summed E-state index contributed by atoms with van der Waals surface area (Å²) >= 11 is 0. The van der Waals surface area contributed by atoms with Crippen LogP contribution in [0.3, 0.4) is 0 Å². The van der Waals surface area contributed by atoms with Crippen LogP contribution >= 0.6 is 0 Å². The number of halogens is 2. The number of ether oxygens (including phenoxy) is 5. The van der Waals surface area contributed by atoms with E-state index in [1.54, 1.807) is 54.6 Å². The second-order valence-corrected chi connectivity index (χ2v) is 14.2. The van der Waals surface area contributed by atoms with Crippen LogP contribution in [0, 0.1) is 0 Å². The summed E-state index contributed by atoms with van der Waals surface area (Å²) in [5.74, 6) is -3.83. The Morgan fingerprint density at radius 1 is 0.635 bits per heavy atom. The molecule has 0 bridgehead atoms. The summed E-state index contributed by atoms with van der Waals surface area (Å²) in [5, 5.41) is 6.32. The lowest BCUT2D eigenvalue weighted by Crippen LogP contribution is -2.74. The van der Waals surface area contributed by atoms with Crippen LogP contribution in [-0.4, -0.2) is 60.6 Å². The fourth-order valence-electron chi connectivity index (χ4n) is 5.92. The summed E-state index contributed by atoms with van der Waals surface area (Å²) in [4.78, 5) is 3.68. The molecule has 2 heterocycles.